The van der Waals surface area contributed by atoms with Crippen LogP contribution in [-0.2, 0) is 14.8 Å². The van der Waals surface area contributed by atoms with Gasteiger partial charge in [0.05, 0.1) is 22.9 Å². The average Bonchev–Trinajstić information content (AvgIpc) is 3.36. The van der Waals surface area contributed by atoms with E-state index in [2.05, 4.69) is 15.5 Å². The Kier molecular flexibility index (Phi) is 8.72. The number of carbonyl (C=O) groups is 2. The third-order valence-corrected chi connectivity index (χ3v) is 8.86. The monoisotopic (exact) mass is 579 g/mol. The third-order valence-electron chi connectivity index (χ3n) is 6.00. The van der Waals surface area contributed by atoms with Gasteiger partial charge in [0.15, 0.2) is 16.8 Å². The zero-order valence-corrected chi connectivity index (χ0v) is 24.3. The minimum atomic E-state index is -3.68. The number of carbonyl (C=O) groups excluding carboxylic acids is 2. The summed E-state index contributed by atoms with van der Waals surface area (Å²) >= 11 is 1.19. The Labute approximate surface area is 237 Å². The first-order valence-electron chi connectivity index (χ1n) is 12.2. The second-order valence-corrected chi connectivity index (χ2v) is 12.5. The summed E-state index contributed by atoms with van der Waals surface area (Å²) in [6.45, 7) is 3.21. The van der Waals surface area contributed by atoms with Gasteiger partial charge in [-0.05, 0) is 50.2 Å². The number of nitrogens with zero attached hydrogens (tertiary/aromatic N) is 4. The molecular formula is C28H29N5O5S2. The Bertz CT molecular complexity index is 1670. The smallest absolute Gasteiger partial charge is 0.242 e. The molecule has 208 valence electrons. The average molecular weight is 580 g/mol. The first kappa shape index (κ1) is 29.0. The van der Waals surface area contributed by atoms with Crippen LogP contribution in [0.5, 0.6) is 5.75 Å². The fraction of sp³-hybridized carbons (Fsp3) is 0.214. The number of ketones is 1. The van der Waals surface area contributed by atoms with E-state index in [1.54, 1.807) is 73.2 Å². The van der Waals surface area contributed by atoms with Gasteiger partial charge < -0.3 is 10.1 Å². The molecule has 0 radical (unpaired) electrons. The number of amides is 1. The highest BCUT2D eigenvalue weighted by molar-refractivity contribution is 8.00. The zero-order chi connectivity index (χ0) is 29.0. The van der Waals surface area contributed by atoms with Crippen LogP contribution in [0.3, 0.4) is 0 Å². The second-order valence-electron chi connectivity index (χ2n) is 9.04. The van der Waals surface area contributed by atoms with E-state index in [1.165, 1.54) is 38.8 Å². The highest BCUT2D eigenvalue weighted by Crippen LogP contribution is 2.32. The van der Waals surface area contributed by atoms with Crippen LogP contribution in [0.25, 0.3) is 17.1 Å². The van der Waals surface area contributed by atoms with Crippen molar-refractivity contribution in [3.05, 3.63) is 78.4 Å². The van der Waals surface area contributed by atoms with Crippen molar-refractivity contribution in [2.45, 2.75) is 29.1 Å². The van der Waals surface area contributed by atoms with E-state index in [-0.39, 0.29) is 16.6 Å². The molecule has 0 bridgehead atoms. The predicted molar refractivity (Wildman–Crippen MR) is 155 cm³/mol. The van der Waals surface area contributed by atoms with Crippen LogP contribution >= 0.6 is 11.8 Å². The molecule has 1 aromatic heterocycles. The number of ether oxygens (including phenoxy) is 1. The first-order chi connectivity index (χ1) is 19.0. The number of rotatable bonds is 10. The molecule has 4 aromatic rings. The van der Waals surface area contributed by atoms with Crippen molar-refractivity contribution in [2.24, 2.45) is 0 Å². The molecule has 0 saturated heterocycles. The lowest BCUT2D eigenvalue weighted by atomic mass is 10.1. The van der Waals surface area contributed by atoms with Gasteiger partial charge in [-0.2, -0.15) is 0 Å². The Morgan fingerprint density at radius 3 is 2.42 bits per heavy atom. The predicted octanol–water partition coefficient (Wildman–Crippen LogP) is 4.52. The van der Waals surface area contributed by atoms with Crippen molar-refractivity contribution in [1.29, 1.82) is 0 Å². The normalized spacial score (nSPS) is 12.2. The van der Waals surface area contributed by atoms with E-state index in [0.29, 0.717) is 39.2 Å². The molecule has 0 saturated carbocycles. The van der Waals surface area contributed by atoms with E-state index < -0.39 is 15.3 Å². The van der Waals surface area contributed by atoms with Gasteiger partial charge in [0.1, 0.15) is 5.75 Å². The molecule has 0 spiro atoms. The van der Waals surface area contributed by atoms with Crippen LogP contribution in [0.15, 0.2) is 82.8 Å². The molecule has 1 amide bonds. The number of methoxy groups -OCH3 is 1. The van der Waals surface area contributed by atoms with Crippen molar-refractivity contribution in [1.82, 2.24) is 19.1 Å². The quantitative estimate of drug-likeness (QED) is 0.215. The lowest BCUT2D eigenvalue weighted by Crippen LogP contribution is -2.23. The van der Waals surface area contributed by atoms with E-state index in [0.717, 1.165) is 4.31 Å². The molecular weight excluding hydrogens is 550 g/mol. The Balaban J connectivity index is 1.72. The lowest BCUT2D eigenvalue weighted by Gasteiger charge is -2.15. The van der Waals surface area contributed by atoms with Gasteiger partial charge in [0.2, 0.25) is 15.9 Å². The van der Waals surface area contributed by atoms with E-state index in [9.17, 15) is 18.0 Å². The summed E-state index contributed by atoms with van der Waals surface area (Å²) in [5, 5.41) is 11.4. The van der Waals surface area contributed by atoms with Crippen molar-refractivity contribution < 1.29 is 22.7 Å². The summed E-state index contributed by atoms with van der Waals surface area (Å²) in [4.78, 5) is 24.9. The summed E-state index contributed by atoms with van der Waals surface area (Å²) < 4.78 is 33.9. The molecule has 40 heavy (non-hydrogen) atoms. The molecule has 1 heterocycles. The van der Waals surface area contributed by atoms with Crippen molar-refractivity contribution in [3.8, 4) is 22.8 Å². The van der Waals surface area contributed by atoms with Gasteiger partial charge in [-0.1, -0.05) is 42.1 Å². The Hall–Kier alpha value is -4.00. The number of hydrogen-bond donors (Lipinski definition) is 1. The topological polar surface area (TPSA) is 123 Å². The fourth-order valence-electron chi connectivity index (χ4n) is 3.79. The van der Waals surface area contributed by atoms with Gasteiger partial charge in [-0.25, -0.2) is 12.7 Å². The molecule has 0 fully saturated rings. The number of thioether (sulfide) groups is 1. The van der Waals surface area contributed by atoms with Crippen LogP contribution in [0.2, 0.25) is 0 Å². The SMILES string of the molecule is COc1cccc(-n2c(S[C@H](C)C(=O)Nc3cccc(C(C)=O)c3)nnc2-c2cccc(S(=O)(=O)N(C)C)c2)c1. The van der Waals surface area contributed by atoms with E-state index in [4.69, 9.17) is 4.74 Å². The van der Waals surface area contributed by atoms with Crippen LogP contribution in [-0.4, -0.2) is 65.6 Å². The van der Waals surface area contributed by atoms with Crippen molar-refractivity contribution in [3.63, 3.8) is 0 Å². The van der Waals surface area contributed by atoms with Gasteiger partial charge in [0.25, 0.3) is 0 Å². The molecule has 0 aliphatic heterocycles. The molecule has 3 aromatic carbocycles. The lowest BCUT2D eigenvalue weighted by molar-refractivity contribution is -0.115. The Morgan fingerprint density at radius 1 is 1.00 bits per heavy atom. The number of nitrogens with one attached hydrogen (secondary N) is 1. The second kappa shape index (κ2) is 12.0. The summed E-state index contributed by atoms with van der Waals surface area (Å²) in [5.41, 5.74) is 2.21. The molecule has 0 unspecified atom stereocenters. The summed E-state index contributed by atoms with van der Waals surface area (Å²) in [5.74, 6) is 0.618. The van der Waals surface area contributed by atoms with Gasteiger partial charge >= 0.3 is 0 Å². The minimum absolute atomic E-state index is 0.0973. The first-order valence-corrected chi connectivity index (χ1v) is 14.5. The molecule has 0 aliphatic rings. The van der Waals surface area contributed by atoms with Crippen molar-refractivity contribution in [2.75, 3.05) is 26.5 Å². The number of hydrogen-bond acceptors (Lipinski definition) is 8. The maximum Gasteiger partial charge on any atom is 0.242 e. The third kappa shape index (κ3) is 6.24. The van der Waals surface area contributed by atoms with Gasteiger partial charge in [0, 0.05) is 37.0 Å². The molecule has 4 rings (SSSR count). The van der Waals surface area contributed by atoms with Crippen LogP contribution in [0.1, 0.15) is 24.2 Å². The van der Waals surface area contributed by atoms with Gasteiger partial charge in [-0.3, -0.25) is 14.2 Å². The van der Waals surface area contributed by atoms with Crippen molar-refractivity contribution >= 4 is 39.2 Å². The summed E-state index contributed by atoms with van der Waals surface area (Å²) in [7, 11) is 0.821. The summed E-state index contributed by atoms with van der Waals surface area (Å²) in [6, 6.07) is 20.5. The Morgan fingerprint density at radius 2 is 1.73 bits per heavy atom. The highest BCUT2D eigenvalue weighted by Gasteiger charge is 2.24. The standard InChI is InChI=1S/C28H29N5O5S2/c1-18(34)20-9-6-11-22(15-20)29-27(35)19(2)39-28-31-30-26(33(28)23-12-8-13-24(17-23)38-5)21-10-7-14-25(16-21)40(36,37)32(3)4/h6-17,19H,1-5H3,(H,29,35)/t19-/m1/s1. The fourth-order valence-corrected chi connectivity index (χ4v) is 5.61. The van der Waals surface area contributed by atoms with Crippen LogP contribution in [0, 0.1) is 0 Å². The van der Waals surface area contributed by atoms with Gasteiger partial charge in [-0.15, -0.1) is 10.2 Å². The molecule has 12 heteroatoms. The molecule has 1 N–H and O–H groups in total. The van der Waals surface area contributed by atoms with Crippen LogP contribution in [0.4, 0.5) is 5.69 Å². The number of anilines is 1. The largest absolute Gasteiger partial charge is 0.497 e. The van der Waals surface area contributed by atoms with E-state index >= 15 is 0 Å². The number of sulfonamides is 1. The highest BCUT2D eigenvalue weighted by atomic mass is 32.2. The summed E-state index contributed by atoms with van der Waals surface area (Å²) in [6.07, 6.45) is 0. The minimum Gasteiger partial charge on any atom is -0.497 e. The molecule has 0 aliphatic carbocycles. The van der Waals surface area contributed by atoms with E-state index in [1.807, 2.05) is 12.1 Å². The maximum absolute atomic E-state index is 13.1. The zero-order valence-electron chi connectivity index (χ0n) is 22.7. The van der Waals surface area contributed by atoms with Crippen LogP contribution < -0.4 is 10.1 Å². The number of aromatic nitrogens is 3. The molecule has 1 atom stereocenters. The maximum atomic E-state index is 13.1. The number of Topliss-reactive ketones (excluding diaryl/α,β-unsaturated/α-hetero) is 1. The molecule has 10 nitrogen and oxygen atoms in total. The number of benzene rings is 3.